The average Bonchev–Trinajstić information content (AvgIpc) is 2.82. The van der Waals surface area contributed by atoms with E-state index in [0.29, 0.717) is 0 Å². The van der Waals surface area contributed by atoms with Crippen molar-refractivity contribution in [1.29, 1.82) is 0 Å². The zero-order valence-corrected chi connectivity index (χ0v) is 21.7. The lowest BCUT2D eigenvalue weighted by atomic mass is 9.71. The highest BCUT2D eigenvalue weighted by Crippen LogP contribution is 2.47. The Morgan fingerprint density at radius 1 is 0.971 bits per heavy atom. The van der Waals surface area contributed by atoms with Crippen molar-refractivity contribution in [3.8, 4) is 0 Å². The number of allylic oxidation sites excluding steroid dienone is 4. The van der Waals surface area contributed by atoms with Gasteiger partial charge in [-0.2, -0.15) is 0 Å². The van der Waals surface area contributed by atoms with Crippen LogP contribution in [0.2, 0.25) is 0 Å². The molecule has 0 fully saturated rings. The van der Waals surface area contributed by atoms with Gasteiger partial charge in [0.05, 0.1) is 11.7 Å². The molecule has 0 radical (unpaired) electrons. The van der Waals surface area contributed by atoms with Crippen molar-refractivity contribution in [2.24, 2.45) is 5.41 Å². The van der Waals surface area contributed by atoms with Gasteiger partial charge in [-0.25, -0.2) is 0 Å². The van der Waals surface area contributed by atoms with Gasteiger partial charge < -0.3 is 4.74 Å². The standard InChI is InChI=1S/C31H38NO2/c1-20-18-21(2)34-32-17-16-25(30(5,6)7)19-27(32)29-23(4)31(8,9)22(3)26-13-11-10-12-24(26)14-15-28(29)33-20/h10-17,19-21H,3-4,18H2,1-2,5-9H3/q+1/b15-14?,29-28-. The molecular weight excluding hydrogens is 418 g/mol. The van der Waals surface area contributed by atoms with Crippen LogP contribution in [-0.4, -0.2) is 12.2 Å². The van der Waals surface area contributed by atoms with Gasteiger partial charge in [0.2, 0.25) is 6.20 Å². The number of ether oxygens (including phenoxy) is 1. The minimum Gasteiger partial charge on any atom is -0.490 e. The molecule has 2 unspecified atom stereocenters. The van der Waals surface area contributed by atoms with Crippen molar-refractivity contribution in [3.05, 3.63) is 95.5 Å². The first-order valence-electron chi connectivity index (χ1n) is 12.2. The third-order valence-electron chi connectivity index (χ3n) is 7.08. The fourth-order valence-corrected chi connectivity index (χ4v) is 4.72. The van der Waals surface area contributed by atoms with E-state index in [1.807, 2.05) is 10.9 Å². The second-order valence-corrected chi connectivity index (χ2v) is 11.2. The number of rotatable bonds is 0. The highest BCUT2D eigenvalue weighted by atomic mass is 16.7. The second kappa shape index (κ2) is 8.61. The van der Waals surface area contributed by atoms with Crippen molar-refractivity contribution in [3.63, 3.8) is 0 Å². The lowest BCUT2D eigenvalue weighted by molar-refractivity contribution is -0.900. The van der Waals surface area contributed by atoms with Crippen molar-refractivity contribution < 1.29 is 14.3 Å². The summed E-state index contributed by atoms with van der Waals surface area (Å²) in [7, 11) is 0. The predicted molar refractivity (Wildman–Crippen MR) is 141 cm³/mol. The Morgan fingerprint density at radius 2 is 1.68 bits per heavy atom. The maximum absolute atomic E-state index is 6.64. The Kier molecular flexibility index (Phi) is 6.10. The van der Waals surface area contributed by atoms with Crippen LogP contribution < -0.4 is 9.57 Å². The Balaban J connectivity index is 2.07. The minimum atomic E-state index is -0.412. The normalized spacial score (nSPS) is 24.6. The van der Waals surface area contributed by atoms with Gasteiger partial charge in [0.1, 0.15) is 5.76 Å². The molecule has 2 atom stereocenters. The third kappa shape index (κ3) is 4.36. The molecule has 0 bridgehead atoms. The van der Waals surface area contributed by atoms with Crippen molar-refractivity contribution in [2.45, 2.75) is 72.5 Å². The summed E-state index contributed by atoms with van der Waals surface area (Å²) in [6.45, 7) is 24.5. The Bertz CT molecular complexity index is 1210. The first kappa shape index (κ1) is 24.1. The van der Waals surface area contributed by atoms with E-state index in [0.717, 1.165) is 45.7 Å². The largest absolute Gasteiger partial charge is 0.490 e. The molecule has 34 heavy (non-hydrogen) atoms. The molecular formula is C31H38NO2+. The van der Waals surface area contributed by atoms with Crippen LogP contribution in [0.3, 0.4) is 0 Å². The van der Waals surface area contributed by atoms with Gasteiger partial charge >= 0.3 is 0 Å². The fraction of sp³-hybridized carbons (Fsp3) is 0.387. The number of nitrogens with zero attached hydrogens (tertiary/aromatic N) is 1. The molecule has 2 heterocycles. The lowest BCUT2D eigenvalue weighted by Gasteiger charge is -2.32. The zero-order chi connectivity index (χ0) is 24.8. The summed E-state index contributed by atoms with van der Waals surface area (Å²) in [4.78, 5) is 6.43. The summed E-state index contributed by atoms with van der Waals surface area (Å²) < 4.78 is 8.54. The third-order valence-corrected chi connectivity index (χ3v) is 7.08. The van der Waals surface area contributed by atoms with Crippen LogP contribution in [0.25, 0.3) is 17.2 Å². The lowest BCUT2D eigenvalue weighted by Crippen LogP contribution is -2.50. The molecule has 3 nitrogen and oxygen atoms in total. The molecule has 4 rings (SSSR count). The van der Waals surface area contributed by atoms with Gasteiger partial charge in [-0.1, -0.05) is 78.1 Å². The van der Waals surface area contributed by atoms with E-state index in [1.54, 1.807) is 0 Å². The Labute approximate surface area is 205 Å². The summed E-state index contributed by atoms with van der Waals surface area (Å²) in [5.74, 6) is 0.813. The van der Waals surface area contributed by atoms with Gasteiger partial charge in [0.15, 0.2) is 6.10 Å². The molecule has 1 aliphatic heterocycles. The minimum absolute atomic E-state index is 0.00584. The molecule has 1 aliphatic carbocycles. The zero-order valence-electron chi connectivity index (χ0n) is 21.7. The van der Waals surface area contributed by atoms with Crippen molar-refractivity contribution >= 4 is 17.2 Å². The Morgan fingerprint density at radius 3 is 2.38 bits per heavy atom. The number of aromatic nitrogens is 1. The molecule has 0 spiro atoms. The molecule has 0 N–H and O–H groups in total. The number of fused-ring (bicyclic) bond motifs is 3. The summed E-state index contributed by atoms with van der Waals surface area (Å²) in [6.07, 6.45) is 7.02. The molecule has 1 aromatic carbocycles. The number of benzene rings is 1. The maximum Gasteiger partial charge on any atom is 0.269 e. The molecule has 0 saturated heterocycles. The quantitative estimate of drug-likeness (QED) is 0.401. The first-order valence-corrected chi connectivity index (χ1v) is 12.2. The maximum atomic E-state index is 6.64. The van der Waals surface area contributed by atoms with Gasteiger partial charge in [0, 0.05) is 28.7 Å². The van der Waals surface area contributed by atoms with Crippen LogP contribution in [0.4, 0.5) is 0 Å². The summed E-state index contributed by atoms with van der Waals surface area (Å²) >= 11 is 0. The summed E-state index contributed by atoms with van der Waals surface area (Å²) in [6, 6.07) is 12.8. The van der Waals surface area contributed by atoms with E-state index in [9.17, 15) is 0 Å². The van der Waals surface area contributed by atoms with Crippen LogP contribution in [0.5, 0.6) is 0 Å². The topological polar surface area (TPSA) is 22.3 Å². The molecule has 0 saturated carbocycles. The van der Waals surface area contributed by atoms with E-state index < -0.39 is 5.41 Å². The van der Waals surface area contributed by atoms with Crippen LogP contribution in [0.1, 0.15) is 77.3 Å². The monoisotopic (exact) mass is 456 g/mol. The van der Waals surface area contributed by atoms with Gasteiger partial charge in [-0.05, 0) is 53.2 Å². The van der Waals surface area contributed by atoms with Crippen LogP contribution in [-0.2, 0) is 10.2 Å². The van der Waals surface area contributed by atoms with E-state index in [4.69, 9.17) is 9.57 Å². The smallest absolute Gasteiger partial charge is 0.269 e. The van der Waals surface area contributed by atoms with Crippen LogP contribution in [0, 0.1) is 5.41 Å². The van der Waals surface area contributed by atoms with Crippen LogP contribution >= 0.6 is 0 Å². The predicted octanol–water partition coefficient (Wildman–Crippen LogP) is 6.93. The first-order chi connectivity index (χ1) is 15.9. The van der Waals surface area contributed by atoms with E-state index in [2.05, 4.69) is 110 Å². The highest BCUT2D eigenvalue weighted by Gasteiger charge is 2.38. The van der Waals surface area contributed by atoms with E-state index >= 15 is 0 Å². The molecule has 2 aromatic rings. The summed E-state index contributed by atoms with van der Waals surface area (Å²) in [5, 5.41) is 0. The highest BCUT2D eigenvalue weighted by molar-refractivity contribution is 5.89. The molecule has 1 aromatic heterocycles. The number of hydrogen-bond donors (Lipinski definition) is 0. The Hall–Kier alpha value is -3.07. The molecule has 0 amide bonds. The molecule has 3 heteroatoms. The fourth-order valence-electron chi connectivity index (χ4n) is 4.72. The van der Waals surface area contributed by atoms with E-state index in [-0.39, 0.29) is 17.6 Å². The average molecular weight is 457 g/mol. The SMILES string of the molecule is C=C1/C2=C(\C=Cc3ccccc3C(=C)C1(C)C)OC(C)CC(C)O[n+]1ccc(C(C)(C)C)cc12. The second-order valence-electron chi connectivity index (χ2n) is 11.2. The number of hydrogen-bond acceptors (Lipinski definition) is 2. The van der Waals surface area contributed by atoms with Gasteiger partial charge in [-0.3, -0.25) is 4.84 Å². The van der Waals surface area contributed by atoms with E-state index in [1.165, 1.54) is 5.56 Å². The number of pyridine rings is 1. The van der Waals surface area contributed by atoms with Crippen molar-refractivity contribution in [1.82, 2.24) is 0 Å². The molecule has 178 valence electrons. The van der Waals surface area contributed by atoms with Gasteiger partial charge in [0.25, 0.3) is 5.69 Å². The molecule has 2 aliphatic rings. The van der Waals surface area contributed by atoms with Gasteiger partial charge in [-0.15, -0.1) is 0 Å². The van der Waals surface area contributed by atoms with Crippen LogP contribution in [0.15, 0.2) is 73.2 Å². The summed E-state index contributed by atoms with van der Waals surface area (Å²) in [5.41, 5.74) is 6.96. The van der Waals surface area contributed by atoms with Crippen molar-refractivity contribution in [2.75, 3.05) is 0 Å².